The fourth-order valence-corrected chi connectivity index (χ4v) is 4.60. The van der Waals surface area contributed by atoms with Gasteiger partial charge in [0.15, 0.2) is 0 Å². The Labute approximate surface area is 214 Å². The third-order valence-electron chi connectivity index (χ3n) is 5.84. The number of halogens is 3. The van der Waals surface area contributed by atoms with Crippen molar-refractivity contribution >= 4 is 46.4 Å². The highest BCUT2D eigenvalue weighted by atomic mass is 35.5. The molecule has 2 heterocycles. The normalized spacial score (nSPS) is 14.4. The molecule has 0 saturated carbocycles. The molecule has 1 N–H and O–H groups in total. The first-order chi connectivity index (χ1) is 16.4. The highest BCUT2D eigenvalue weighted by molar-refractivity contribution is 6.35. The van der Waals surface area contributed by atoms with Gasteiger partial charge in [-0.3, -0.25) is 9.69 Å². The lowest BCUT2D eigenvalue weighted by Gasteiger charge is -2.36. The van der Waals surface area contributed by atoms with Gasteiger partial charge < -0.3 is 14.6 Å². The van der Waals surface area contributed by atoms with Crippen LogP contribution in [0.15, 0.2) is 40.8 Å². The number of piperazine rings is 1. The summed E-state index contributed by atoms with van der Waals surface area (Å²) in [6.07, 6.45) is 1.17. The predicted molar refractivity (Wildman–Crippen MR) is 135 cm³/mol. The van der Waals surface area contributed by atoms with Crippen molar-refractivity contribution in [3.63, 3.8) is 0 Å². The molecule has 4 rings (SSSR count). The van der Waals surface area contributed by atoms with Crippen LogP contribution in [-0.4, -0.2) is 60.3 Å². The van der Waals surface area contributed by atoms with Crippen molar-refractivity contribution in [2.24, 2.45) is 0 Å². The van der Waals surface area contributed by atoms with Crippen molar-refractivity contribution in [2.75, 3.05) is 44.2 Å². The molecule has 3 aromatic rings. The van der Waals surface area contributed by atoms with E-state index in [2.05, 4.69) is 38.3 Å². The van der Waals surface area contributed by atoms with Crippen molar-refractivity contribution in [1.29, 1.82) is 0 Å². The maximum Gasteiger partial charge on any atom is 0.308 e. The topological polar surface area (TPSA) is 74.5 Å². The maximum absolute atomic E-state index is 12.4. The summed E-state index contributed by atoms with van der Waals surface area (Å²) in [5, 5.41) is 12.5. The number of hydrogen-bond donors (Lipinski definition) is 1. The first-order valence-corrected chi connectivity index (χ1v) is 12.3. The molecule has 1 fully saturated rings. The first kappa shape index (κ1) is 24.8. The summed E-state index contributed by atoms with van der Waals surface area (Å²) in [5.41, 5.74) is 3.24. The zero-order valence-corrected chi connectivity index (χ0v) is 21.1. The van der Waals surface area contributed by atoms with E-state index in [1.807, 2.05) is 12.1 Å². The van der Waals surface area contributed by atoms with E-state index >= 15 is 0 Å². The van der Waals surface area contributed by atoms with E-state index in [1.165, 1.54) is 11.3 Å². The summed E-state index contributed by atoms with van der Waals surface area (Å²) in [5.74, 6) is -0.102. The van der Waals surface area contributed by atoms with Crippen LogP contribution >= 0.6 is 34.8 Å². The number of nitrogens with zero attached hydrogens (tertiary/aromatic N) is 4. The largest absolute Gasteiger partial charge is 0.417 e. The lowest BCUT2D eigenvalue weighted by atomic mass is 10.1. The van der Waals surface area contributed by atoms with Gasteiger partial charge in [0, 0.05) is 53.5 Å². The first-order valence-electron chi connectivity index (χ1n) is 11.2. The van der Waals surface area contributed by atoms with Gasteiger partial charge >= 0.3 is 11.8 Å². The molecule has 1 aliphatic rings. The van der Waals surface area contributed by atoms with Crippen LogP contribution in [0.25, 0.3) is 0 Å². The van der Waals surface area contributed by atoms with Crippen molar-refractivity contribution in [3.05, 3.63) is 74.4 Å². The van der Waals surface area contributed by atoms with Gasteiger partial charge in [-0.2, -0.15) is 0 Å². The second-order valence-electron chi connectivity index (χ2n) is 8.28. The van der Waals surface area contributed by atoms with E-state index in [4.69, 9.17) is 39.2 Å². The Morgan fingerprint density at radius 2 is 1.76 bits per heavy atom. The number of benzene rings is 2. The van der Waals surface area contributed by atoms with Crippen molar-refractivity contribution < 1.29 is 9.21 Å². The second kappa shape index (κ2) is 11.4. The molecule has 1 amide bonds. The molecule has 7 nitrogen and oxygen atoms in total. The average Bonchev–Trinajstić information content (AvgIpc) is 3.29. The van der Waals surface area contributed by atoms with Gasteiger partial charge in [0.1, 0.15) is 0 Å². The number of aromatic nitrogens is 2. The van der Waals surface area contributed by atoms with Gasteiger partial charge in [0.25, 0.3) is 0 Å². The molecular formula is C24H26Cl3N5O2. The molecular weight excluding hydrogens is 497 g/mol. The van der Waals surface area contributed by atoms with Crippen molar-refractivity contribution in [2.45, 2.75) is 19.8 Å². The SMILES string of the molecule is Cc1ccc(Cl)cc1N1CCN(CCCNC(=O)c2nnc(Cc3ccc(Cl)cc3Cl)o2)CC1. The molecule has 0 aliphatic carbocycles. The van der Waals surface area contributed by atoms with Crippen LogP contribution in [0.4, 0.5) is 5.69 Å². The predicted octanol–water partition coefficient (Wildman–Crippen LogP) is 4.87. The van der Waals surface area contributed by atoms with Gasteiger partial charge in [-0.15, -0.1) is 10.2 Å². The molecule has 0 unspecified atom stereocenters. The molecule has 2 aromatic carbocycles. The van der Waals surface area contributed by atoms with Crippen LogP contribution in [0.1, 0.15) is 34.1 Å². The minimum absolute atomic E-state index is 0.0504. The lowest BCUT2D eigenvalue weighted by molar-refractivity contribution is 0.0915. The molecule has 1 aromatic heterocycles. The van der Waals surface area contributed by atoms with Crippen LogP contribution in [0.5, 0.6) is 0 Å². The van der Waals surface area contributed by atoms with Gasteiger partial charge in [-0.05, 0) is 55.3 Å². The molecule has 10 heteroatoms. The molecule has 0 bridgehead atoms. The quantitative estimate of drug-likeness (QED) is 0.426. The number of rotatable bonds is 8. The van der Waals surface area contributed by atoms with Crippen LogP contribution in [-0.2, 0) is 6.42 Å². The molecule has 180 valence electrons. The van der Waals surface area contributed by atoms with Crippen molar-refractivity contribution in [1.82, 2.24) is 20.4 Å². The van der Waals surface area contributed by atoms with Crippen LogP contribution in [0.3, 0.4) is 0 Å². The smallest absolute Gasteiger partial charge is 0.308 e. The third kappa shape index (κ3) is 6.42. The van der Waals surface area contributed by atoms with Crippen molar-refractivity contribution in [3.8, 4) is 0 Å². The summed E-state index contributed by atoms with van der Waals surface area (Å²) in [6, 6.07) is 11.2. The zero-order valence-electron chi connectivity index (χ0n) is 18.9. The second-order valence-corrected chi connectivity index (χ2v) is 9.56. The molecule has 1 saturated heterocycles. The Bertz CT molecular complexity index is 1150. The van der Waals surface area contributed by atoms with E-state index in [0.29, 0.717) is 28.9 Å². The van der Waals surface area contributed by atoms with Gasteiger partial charge in [-0.25, -0.2) is 0 Å². The summed E-state index contributed by atoms with van der Waals surface area (Å²) in [4.78, 5) is 17.1. The Balaban J connectivity index is 1.18. The fraction of sp³-hybridized carbons (Fsp3) is 0.375. The Kier molecular flexibility index (Phi) is 8.32. The number of carbonyl (C=O) groups excluding carboxylic acids is 1. The summed E-state index contributed by atoms with van der Waals surface area (Å²) < 4.78 is 5.50. The van der Waals surface area contributed by atoms with E-state index in [1.54, 1.807) is 18.2 Å². The molecule has 0 radical (unpaired) electrons. The summed E-state index contributed by atoms with van der Waals surface area (Å²) in [6.45, 7) is 7.41. The minimum Gasteiger partial charge on any atom is -0.417 e. The van der Waals surface area contributed by atoms with E-state index < -0.39 is 0 Å². The van der Waals surface area contributed by atoms with Crippen LogP contribution in [0.2, 0.25) is 15.1 Å². The molecule has 1 aliphatic heterocycles. The van der Waals surface area contributed by atoms with Gasteiger partial charge in [0.05, 0.1) is 6.42 Å². The molecule has 34 heavy (non-hydrogen) atoms. The molecule has 0 atom stereocenters. The molecule has 0 spiro atoms. The van der Waals surface area contributed by atoms with E-state index in [0.717, 1.165) is 49.7 Å². The van der Waals surface area contributed by atoms with E-state index in [-0.39, 0.29) is 11.8 Å². The zero-order chi connectivity index (χ0) is 24.1. The minimum atomic E-state index is -0.373. The number of carbonyl (C=O) groups is 1. The Morgan fingerprint density at radius 1 is 1.03 bits per heavy atom. The Morgan fingerprint density at radius 3 is 2.53 bits per heavy atom. The number of hydrogen-bond acceptors (Lipinski definition) is 6. The monoisotopic (exact) mass is 521 g/mol. The standard InChI is InChI=1S/C24H26Cl3N5O2/c1-16-3-5-19(26)15-21(16)32-11-9-31(10-12-32)8-2-7-28-23(33)24-30-29-22(34-24)13-17-4-6-18(25)14-20(17)27/h3-6,14-15H,2,7-13H2,1H3,(H,28,33). The summed E-state index contributed by atoms with van der Waals surface area (Å²) >= 11 is 18.3. The van der Waals surface area contributed by atoms with Crippen LogP contribution < -0.4 is 10.2 Å². The highest BCUT2D eigenvalue weighted by Gasteiger charge is 2.19. The highest BCUT2D eigenvalue weighted by Crippen LogP contribution is 2.25. The van der Waals surface area contributed by atoms with Crippen LogP contribution in [0, 0.1) is 6.92 Å². The number of anilines is 1. The van der Waals surface area contributed by atoms with Gasteiger partial charge in [0.2, 0.25) is 5.89 Å². The fourth-order valence-electron chi connectivity index (χ4n) is 3.96. The third-order valence-corrected chi connectivity index (χ3v) is 6.66. The van der Waals surface area contributed by atoms with Gasteiger partial charge in [-0.1, -0.05) is 46.9 Å². The van der Waals surface area contributed by atoms with E-state index in [9.17, 15) is 4.79 Å². The summed E-state index contributed by atoms with van der Waals surface area (Å²) in [7, 11) is 0. The maximum atomic E-state index is 12.4. The number of amides is 1. The number of aryl methyl sites for hydroxylation is 1. The average molecular weight is 523 g/mol. The number of nitrogens with one attached hydrogen (secondary N) is 1. The lowest BCUT2D eigenvalue weighted by Crippen LogP contribution is -2.47. The Hall–Kier alpha value is -2.32.